The number of fused-ring (bicyclic) bond motifs is 1. The van der Waals surface area contributed by atoms with Crippen LogP contribution in [0, 0.1) is 0 Å². The monoisotopic (exact) mass is 329 g/mol. The van der Waals surface area contributed by atoms with E-state index in [-0.39, 0.29) is 5.78 Å². The Hall–Kier alpha value is -3.47. The van der Waals surface area contributed by atoms with E-state index >= 15 is 0 Å². The number of hydrogen-bond donors (Lipinski definition) is 0. The van der Waals surface area contributed by atoms with Gasteiger partial charge in [-0.3, -0.25) is 4.79 Å². The number of pyridine rings is 1. The van der Waals surface area contributed by atoms with Crippen molar-refractivity contribution in [2.45, 2.75) is 0 Å². The predicted molar refractivity (Wildman–Crippen MR) is 94.9 cm³/mol. The zero-order chi connectivity index (χ0) is 17.2. The van der Waals surface area contributed by atoms with Gasteiger partial charge in [-0.05, 0) is 42.5 Å². The number of imidazole rings is 1. The summed E-state index contributed by atoms with van der Waals surface area (Å²) in [5, 5.41) is 0. The summed E-state index contributed by atoms with van der Waals surface area (Å²) < 4.78 is 7.46. The molecule has 5 heteroatoms. The van der Waals surface area contributed by atoms with E-state index in [1.54, 1.807) is 36.5 Å². The van der Waals surface area contributed by atoms with Gasteiger partial charge in [-0.25, -0.2) is 9.97 Å². The number of rotatable bonds is 4. The van der Waals surface area contributed by atoms with Crippen LogP contribution in [-0.2, 0) is 7.05 Å². The van der Waals surface area contributed by atoms with Gasteiger partial charge >= 0.3 is 0 Å². The molecule has 0 bridgehead atoms. The van der Waals surface area contributed by atoms with E-state index < -0.39 is 0 Å². The van der Waals surface area contributed by atoms with Crippen LogP contribution in [0.15, 0.2) is 72.9 Å². The molecule has 0 saturated heterocycles. The average molecular weight is 329 g/mol. The quantitative estimate of drug-likeness (QED) is 0.531. The van der Waals surface area contributed by atoms with Crippen molar-refractivity contribution in [3.63, 3.8) is 0 Å². The van der Waals surface area contributed by atoms with Crippen LogP contribution in [-0.4, -0.2) is 20.3 Å². The van der Waals surface area contributed by atoms with Crippen LogP contribution < -0.4 is 4.74 Å². The van der Waals surface area contributed by atoms with E-state index in [1.807, 2.05) is 48.0 Å². The molecule has 2 heterocycles. The van der Waals surface area contributed by atoms with Crippen LogP contribution in [0.2, 0.25) is 0 Å². The number of benzene rings is 2. The first-order valence-electron chi connectivity index (χ1n) is 7.87. The fourth-order valence-electron chi connectivity index (χ4n) is 2.68. The summed E-state index contributed by atoms with van der Waals surface area (Å²) in [6.45, 7) is 0. The SMILES string of the molecule is Cn1c(C(=O)c2ccc(Oc3ccccn3)cc2)nc2ccccc21. The zero-order valence-electron chi connectivity index (χ0n) is 13.6. The smallest absolute Gasteiger partial charge is 0.228 e. The molecule has 0 unspecified atom stereocenters. The van der Waals surface area contributed by atoms with Gasteiger partial charge in [0.25, 0.3) is 0 Å². The maximum absolute atomic E-state index is 12.8. The molecule has 5 nitrogen and oxygen atoms in total. The number of para-hydroxylation sites is 2. The van der Waals surface area contributed by atoms with E-state index in [9.17, 15) is 4.79 Å². The zero-order valence-corrected chi connectivity index (χ0v) is 13.6. The molecule has 0 radical (unpaired) electrons. The fourth-order valence-corrected chi connectivity index (χ4v) is 2.68. The molecule has 0 aliphatic rings. The maximum atomic E-state index is 12.8. The standard InChI is InChI=1S/C20H15N3O2/c1-23-17-7-3-2-6-16(17)22-20(23)19(24)14-9-11-15(12-10-14)25-18-8-4-5-13-21-18/h2-13H,1H3. The van der Waals surface area contributed by atoms with Crippen molar-refractivity contribution in [1.29, 1.82) is 0 Å². The molecule has 0 atom stereocenters. The number of aryl methyl sites for hydroxylation is 1. The Morgan fingerprint density at radius 1 is 0.960 bits per heavy atom. The third kappa shape index (κ3) is 2.87. The van der Waals surface area contributed by atoms with E-state index in [2.05, 4.69) is 9.97 Å². The van der Waals surface area contributed by atoms with Gasteiger partial charge in [0.2, 0.25) is 11.7 Å². The summed E-state index contributed by atoms with van der Waals surface area (Å²) in [4.78, 5) is 21.3. The molecule has 2 aromatic carbocycles. The Labute approximate surface area is 144 Å². The summed E-state index contributed by atoms with van der Waals surface area (Å²) >= 11 is 0. The number of carbonyl (C=O) groups excluding carboxylic acids is 1. The largest absolute Gasteiger partial charge is 0.439 e. The van der Waals surface area contributed by atoms with Gasteiger partial charge in [0.1, 0.15) is 5.75 Å². The summed E-state index contributed by atoms with van der Waals surface area (Å²) in [7, 11) is 1.85. The number of ketones is 1. The molecule has 4 aromatic rings. The first kappa shape index (κ1) is 15.1. The number of carbonyl (C=O) groups is 1. The fraction of sp³-hybridized carbons (Fsp3) is 0.0500. The minimum atomic E-state index is -0.122. The normalized spacial score (nSPS) is 10.8. The van der Waals surface area contributed by atoms with Crippen LogP contribution in [0.4, 0.5) is 0 Å². The van der Waals surface area contributed by atoms with Crippen molar-refractivity contribution in [3.8, 4) is 11.6 Å². The lowest BCUT2D eigenvalue weighted by atomic mass is 10.1. The summed E-state index contributed by atoms with van der Waals surface area (Å²) in [6, 6.07) is 20.1. The highest BCUT2D eigenvalue weighted by atomic mass is 16.5. The van der Waals surface area contributed by atoms with Crippen LogP contribution >= 0.6 is 0 Å². The van der Waals surface area contributed by atoms with Gasteiger partial charge < -0.3 is 9.30 Å². The van der Waals surface area contributed by atoms with Crippen LogP contribution in [0.1, 0.15) is 16.2 Å². The summed E-state index contributed by atoms with van der Waals surface area (Å²) in [6.07, 6.45) is 1.67. The molecule has 0 fully saturated rings. The second kappa shape index (κ2) is 6.20. The molecule has 2 aromatic heterocycles. The molecule has 0 amide bonds. The first-order chi connectivity index (χ1) is 12.2. The molecule has 0 aliphatic heterocycles. The van der Waals surface area contributed by atoms with Gasteiger partial charge in [-0.1, -0.05) is 18.2 Å². The van der Waals surface area contributed by atoms with Crippen molar-refractivity contribution >= 4 is 16.8 Å². The van der Waals surface area contributed by atoms with E-state index in [0.29, 0.717) is 23.0 Å². The highest BCUT2D eigenvalue weighted by molar-refractivity contribution is 6.08. The molecule has 4 rings (SSSR count). The maximum Gasteiger partial charge on any atom is 0.228 e. The lowest BCUT2D eigenvalue weighted by molar-refractivity contribution is 0.102. The summed E-state index contributed by atoms with van der Waals surface area (Å²) in [5.41, 5.74) is 2.30. The van der Waals surface area contributed by atoms with Gasteiger partial charge in [-0.15, -0.1) is 0 Å². The molecule has 0 aliphatic carbocycles. The Balaban J connectivity index is 1.61. The second-order valence-electron chi connectivity index (χ2n) is 5.61. The Morgan fingerprint density at radius 2 is 1.72 bits per heavy atom. The highest BCUT2D eigenvalue weighted by Gasteiger charge is 2.17. The van der Waals surface area contributed by atoms with E-state index in [1.165, 1.54) is 0 Å². The Bertz CT molecular complexity index is 1040. The predicted octanol–water partition coefficient (Wildman–Crippen LogP) is 3.99. The van der Waals surface area contributed by atoms with Crippen molar-refractivity contribution in [3.05, 3.63) is 84.3 Å². The number of nitrogens with zero attached hydrogens (tertiary/aromatic N) is 3. The molecule has 0 N–H and O–H groups in total. The minimum absolute atomic E-state index is 0.122. The second-order valence-corrected chi connectivity index (χ2v) is 5.61. The highest BCUT2D eigenvalue weighted by Crippen LogP contribution is 2.21. The molecule has 0 spiro atoms. The summed E-state index contributed by atoms with van der Waals surface area (Å²) in [5.74, 6) is 1.43. The van der Waals surface area contributed by atoms with Crippen LogP contribution in [0.3, 0.4) is 0 Å². The molecule has 0 saturated carbocycles. The van der Waals surface area contributed by atoms with Gasteiger partial charge in [-0.2, -0.15) is 0 Å². The number of ether oxygens (including phenoxy) is 1. The molecule has 122 valence electrons. The third-order valence-electron chi connectivity index (χ3n) is 3.97. The van der Waals surface area contributed by atoms with Crippen LogP contribution in [0.25, 0.3) is 11.0 Å². The minimum Gasteiger partial charge on any atom is -0.439 e. The Morgan fingerprint density at radius 3 is 2.44 bits per heavy atom. The molecular weight excluding hydrogens is 314 g/mol. The van der Waals surface area contributed by atoms with Crippen LogP contribution in [0.5, 0.6) is 11.6 Å². The molecule has 25 heavy (non-hydrogen) atoms. The van der Waals surface area contributed by atoms with Gasteiger partial charge in [0, 0.05) is 24.9 Å². The van der Waals surface area contributed by atoms with E-state index in [4.69, 9.17) is 4.74 Å². The van der Waals surface area contributed by atoms with Crippen molar-refractivity contribution in [2.75, 3.05) is 0 Å². The van der Waals surface area contributed by atoms with Crippen molar-refractivity contribution < 1.29 is 9.53 Å². The lowest BCUT2D eigenvalue weighted by Gasteiger charge is -2.06. The van der Waals surface area contributed by atoms with E-state index in [0.717, 1.165) is 11.0 Å². The topological polar surface area (TPSA) is 57.0 Å². The lowest BCUT2D eigenvalue weighted by Crippen LogP contribution is -2.08. The van der Waals surface area contributed by atoms with Gasteiger partial charge in [0.05, 0.1) is 11.0 Å². The number of hydrogen-bond acceptors (Lipinski definition) is 4. The third-order valence-corrected chi connectivity index (χ3v) is 3.97. The average Bonchev–Trinajstić information content (AvgIpc) is 3.00. The first-order valence-corrected chi connectivity index (χ1v) is 7.87. The van der Waals surface area contributed by atoms with Gasteiger partial charge in [0.15, 0.2) is 5.82 Å². The van der Waals surface area contributed by atoms with Crippen molar-refractivity contribution in [2.24, 2.45) is 7.05 Å². The van der Waals surface area contributed by atoms with Crippen molar-refractivity contribution in [1.82, 2.24) is 14.5 Å². The molecular formula is C20H15N3O2. The number of aromatic nitrogens is 3. The Kier molecular flexibility index (Phi) is 3.74.